The van der Waals surface area contributed by atoms with Crippen LogP contribution in [0.2, 0.25) is 0 Å². The van der Waals surface area contributed by atoms with Gasteiger partial charge in [0.15, 0.2) is 0 Å². The summed E-state index contributed by atoms with van der Waals surface area (Å²) < 4.78 is 41.2. The van der Waals surface area contributed by atoms with Crippen molar-refractivity contribution in [1.82, 2.24) is 8.87 Å². The molecule has 6 nitrogen and oxygen atoms in total. The molecular formula is C20H16FN3O3S. The number of nitriles is 1. The average molecular weight is 397 g/mol. The molecule has 1 heterocycles. The van der Waals surface area contributed by atoms with Crippen LogP contribution in [-0.2, 0) is 10.0 Å². The SMILES string of the molecule is CN(C)/C=C(\C#N)C(=O)c1cc2ccc(F)cc2n1S(=O)(=O)c1ccccc1. The molecule has 0 N–H and O–H groups in total. The van der Waals surface area contributed by atoms with Gasteiger partial charge in [0.2, 0.25) is 5.78 Å². The van der Waals surface area contributed by atoms with Crippen molar-refractivity contribution in [3.63, 3.8) is 0 Å². The molecule has 8 heteroatoms. The van der Waals surface area contributed by atoms with E-state index in [-0.39, 0.29) is 21.7 Å². The summed E-state index contributed by atoms with van der Waals surface area (Å²) in [5, 5.41) is 9.72. The molecule has 3 aromatic rings. The lowest BCUT2D eigenvalue weighted by atomic mass is 10.1. The summed E-state index contributed by atoms with van der Waals surface area (Å²) in [6, 6.07) is 14.3. The van der Waals surface area contributed by atoms with Gasteiger partial charge in [-0.3, -0.25) is 4.79 Å². The van der Waals surface area contributed by atoms with Crippen LogP contribution in [0.3, 0.4) is 0 Å². The summed E-state index contributed by atoms with van der Waals surface area (Å²) in [4.78, 5) is 14.4. The van der Waals surface area contributed by atoms with Gasteiger partial charge in [0.25, 0.3) is 10.0 Å². The number of rotatable bonds is 5. The minimum absolute atomic E-state index is 0.0225. The van der Waals surface area contributed by atoms with E-state index in [4.69, 9.17) is 0 Å². The van der Waals surface area contributed by atoms with Gasteiger partial charge in [-0.2, -0.15) is 5.26 Å². The van der Waals surface area contributed by atoms with E-state index in [2.05, 4.69) is 0 Å². The van der Waals surface area contributed by atoms with E-state index in [9.17, 15) is 22.9 Å². The average Bonchev–Trinajstić information content (AvgIpc) is 3.05. The molecule has 0 spiro atoms. The highest BCUT2D eigenvalue weighted by atomic mass is 32.2. The number of benzene rings is 2. The molecular weight excluding hydrogens is 381 g/mol. The van der Waals surface area contributed by atoms with Gasteiger partial charge in [0.1, 0.15) is 23.2 Å². The highest BCUT2D eigenvalue weighted by molar-refractivity contribution is 7.90. The number of hydrogen-bond donors (Lipinski definition) is 0. The van der Waals surface area contributed by atoms with Crippen LogP contribution in [0.1, 0.15) is 10.5 Å². The summed E-state index contributed by atoms with van der Waals surface area (Å²) in [6.45, 7) is 0. The van der Waals surface area contributed by atoms with Gasteiger partial charge in [-0.15, -0.1) is 0 Å². The van der Waals surface area contributed by atoms with Gasteiger partial charge < -0.3 is 4.90 Å². The molecule has 0 saturated carbocycles. The van der Waals surface area contributed by atoms with E-state index in [1.807, 2.05) is 0 Å². The molecule has 28 heavy (non-hydrogen) atoms. The first-order chi connectivity index (χ1) is 13.3. The molecule has 142 valence electrons. The molecule has 0 amide bonds. The van der Waals surface area contributed by atoms with Gasteiger partial charge in [-0.05, 0) is 36.4 Å². The first-order valence-electron chi connectivity index (χ1n) is 8.20. The largest absolute Gasteiger partial charge is 0.382 e. The second-order valence-electron chi connectivity index (χ2n) is 6.26. The molecule has 0 unspecified atom stereocenters. The maximum Gasteiger partial charge on any atom is 0.268 e. The quantitative estimate of drug-likeness (QED) is 0.375. The topological polar surface area (TPSA) is 83.2 Å². The second-order valence-corrected chi connectivity index (χ2v) is 8.05. The van der Waals surface area contributed by atoms with E-state index in [0.717, 1.165) is 10.0 Å². The number of carbonyl (C=O) groups excluding carboxylic acids is 1. The maximum atomic E-state index is 13.9. The van der Waals surface area contributed by atoms with Crippen LogP contribution in [0.5, 0.6) is 0 Å². The third kappa shape index (κ3) is 3.40. The Hall–Kier alpha value is -3.44. The Morgan fingerprint density at radius 1 is 1.14 bits per heavy atom. The Labute approximate surface area is 161 Å². The van der Waals surface area contributed by atoms with Crippen molar-refractivity contribution >= 4 is 26.7 Å². The zero-order valence-corrected chi connectivity index (χ0v) is 15.9. The Morgan fingerprint density at radius 3 is 2.43 bits per heavy atom. The third-order valence-electron chi connectivity index (χ3n) is 3.99. The van der Waals surface area contributed by atoms with Gasteiger partial charge in [0, 0.05) is 25.7 Å². The van der Waals surface area contributed by atoms with Crippen LogP contribution in [0.25, 0.3) is 10.9 Å². The van der Waals surface area contributed by atoms with E-state index < -0.39 is 21.6 Å². The number of Topliss-reactive ketones (excluding diaryl/α,β-unsaturated/α-hetero) is 1. The number of halogens is 1. The van der Waals surface area contributed by atoms with E-state index in [1.54, 1.807) is 38.4 Å². The lowest BCUT2D eigenvalue weighted by Crippen LogP contribution is -2.20. The molecule has 1 aromatic heterocycles. The predicted molar refractivity (Wildman–Crippen MR) is 103 cm³/mol. The molecule has 0 fully saturated rings. The Balaban J connectivity index is 2.35. The minimum Gasteiger partial charge on any atom is -0.382 e. The zero-order valence-electron chi connectivity index (χ0n) is 15.1. The molecule has 0 aliphatic heterocycles. The Bertz CT molecular complexity index is 1240. The van der Waals surface area contributed by atoms with Crippen molar-refractivity contribution in [2.45, 2.75) is 4.90 Å². The number of hydrogen-bond acceptors (Lipinski definition) is 5. The fourth-order valence-corrected chi connectivity index (χ4v) is 4.32. The van der Waals surface area contributed by atoms with Crippen molar-refractivity contribution < 1.29 is 17.6 Å². The Kier molecular flexibility index (Phi) is 5.03. The zero-order chi connectivity index (χ0) is 20.5. The van der Waals surface area contributed by atoms with Crippen molar-refractivity contribution in [2.75, 3.05) is 14.1 Å². The lowest BCUT2D eigenvalue weighted by Gasteiger charge is -2.12. The molecule has 2 aromatic carbocycles. The molecule has 3 rings (SSSR count). The number of carbonyl (C=O) groups is 1. The van der Waals surface area contributed by atoms with Gasteiger partial charge >= 0.3 is 0 Å². The van der Waals surface area contributed by atoms with Crippen LogP contribution in [-0.4, -0.2) is 37.2 Å². The van der Waals surface area contributed by atoms with Crippen molar-refractivity contribution in [2.24, 2.45) is 0 Å². The number of ketones is 1. The fraction of sp³-hybridized carbons (Fsp3) is 0.100. The highest BCUT2D eigenvalue weighted by Gasteiger charge is 2.28. The van der Waals surface area contributed by atoms with Gasteiger partial charge in [-0.1, -0.05) is 18.2 Å². The monoisotopic (exact) mass is 397 g/mol. The highest BCUT2D eigenvalue weighted by Crippen LogP contribution is 2.28. The Morgan fingerprint density at radius 2 is 1.82 bits per heavy atom. The van der Waals surface area contributed by atoms with Crippen molar-refractivity contribution in [3.05, 3.63) is 77.9 Å². The number of aromatic nitrogens is 1. The summed E-state index contributed by atoms with van der Waals surface area (Å²) in [5.74, 6) is -1.41. The molecule has 0 atom stereocenters. The number of allylic oxidation sites excluding steroid dienone is 1. The molecule has 0 bridgehead atoms. The van der Waals surface area contributed by atoms with E-state index >= 15 is 0 Å². The molecule has 0 saturated heterocycles. The number of fused-ring (bicyclic) bond motifs is 1. The summed E-state index contributed by atoms with van der Waals surface area (Å²) in [7, 11) is -0.936. The van der Waals surface area contributed by atoms with Gasteiger partial charge in [0.05, 0.1) is 10.4 Å². The molecule has 0 aliphatic rings. The lowest BCUT2D eigenvalue weighted by molar-refractivity contribution is 0.103. The van der Waals surface area contributed by atoms with Crippen molar-refractivity contribution in [3.8, 4) is 6.07 Å². The maximum absolute atomic E-state index is 13.9. The van der Waals surface area contributed by atoms with E-state index in [0.29, 0.717) is 5.39 Å². The third-order valence-corrected chi connectivity index (χ3v) is 5.73. The summed E-state index contributed by atoms with van der Waals surface area (Å²) in [6.07, 6.45) is 1.31. The van der Waals surface area contributed by atoms with Crippen molar-refractivity contribution in [1.29, 1.82) is 5.26 Å². The summed E-state index contributed by atoms with van der Waals surface area (Å²) >= 11 is 0. The smallest absolute Gasteiger partial charge is 0.268 e. The van der Waals surface area contributed by atoms with Crippen LogP contribution < -0.4 is 0 Å². The van der Waals surface area contributed by atoms with Gasteiger partial charge in [-0.25, -0.2) is 16.8 Å². The minimum atomic E-state index is -4.21. The van der Waals surface area contributed by atoms with Crippen LogP contribution in [0, 0.1) is 17.1 Å². The predicted octanol–water partition coefficient (Wildman–Crippen LogP) is 3.17. The fourth-order valence-electron chi connectivity index (χ4n) is 2.80. The van der Waals surface area contributed by atoms with Crippen LogP contribution >= 0.6 is 0 Å². The van der Waals surface area contributed by atoms with E-state index in [1.165, 1.54) is 41.4 Å². The first-order valence-corrected chi connectivity index (χ1v) is 9.64. The summed E-state index contributed by atoms with van der Waals surface area (Å²) in [5.41, 5.74) is -0.453. The number of nitrogens with zero attached hydrogens (tertiary/aromatic N) is 3. The normalized spacial score (nSPS) is 12.0. The van der Waals surface area contributed by atoms with Crippen LogP contribution in [0.15, 0.2) is 71.3 Å². The standard InChI is InChI=1S/C20H16FN3O3S/c1-23(2)13-15(12-22)20(25)19-10-14-8-9-16(21)11-18(14)24(19)28(26,27)17-6-4-3-5-7-17/h3-11,13H,1-2H3/b15-13+. The molecule has 0 radical (unpaired) electrons. The first kappa shape index (κ1) is 19.3. The molecule has 0 aliphatic carbocycles. The van der Waals surface area contributed by atoms with Crippen LogP contribution in [0.4, 0.5) is 4.39 Å². The second kappa shape index (κ2) is 7.29.